The van der Waals surface area contributed by atoms with E-state index in [0.717, 1.165) is 29.6 Å². The van der Waals surface area contributed by atoms with E-state index in [1.807, 2.05) is 24.4 Å². The molecule has 0 spiro atoms. The molecule has 0 amide bonds. The van der Waals surface area contributed by atoms with Gasteiger partial charge in [-0.3, -0.25) is 4.79 Å². The molecule has 0 atom stereocenters. The number of hydrogen-bond donors (Lipinski definition) is 0. The molecule has 1 aliphatic rings. The fourth-order valence-electron chi connectivity index (χ4n) is 2.07. The molecule has 2 aromatic heterocycles. The third kappa shape index (κ3) is 0.923. The van der Waals surface area contributed by atoms with Gasteiger partial charge in [-0.25, -0.2) is 4.52 Å². The van der Waals surface area contributed by atoms with Crippen LogP contribution in [0.2, 0.25) is 0 Å². The Kier molecular flexibility index (Phi) is 1.48. The van der Waals surface area contributed by atoms with Crippen LogP contribution in [0.1, 0.15) is 28.9 Å². The molecule has 0 saturated heterocycles. The maximum absolute atomic E-state index is 11.7. The van der Waals surface area contributed by atoms with Gasteiger partial charge in [0.25, 0.3) is 0 Å². The van der Waals surface area contributed by atoms with Gasteiger partial charge in [0.2, 0.25) is 0 Å². The lowest BCUT2D eigenvalue weighted by Crippen LogP contribution is -2.08. The average molecular weight is 186 g/mol. The summed E-state index contributed by atoms with van der Waals surface area (Å²) in [4.78, 5) is 11.7. The van der Waals surface area contributed by atoms with E-state index in [4.69, 9.17) is 0 Å². The normalized spacial score (nSPS) is 15.9. The monoisotopic (exact) mass is 186 g/mol. The lowest BCUT2D eigenvalue weighted by atomic mass is 9.95. The number of aryl methyl sites for hydroxylation is 1. The Labute approximate surface area is 81.4 Å². The Morgan fingerprint density at radius 3 is 3.14 bits per heavy atom. The van der Waals surface area contributed by atoms with Crippen molar-refractivity contribution in [1.29, 1.82) is 0 Å². The second kappa shape index (κ2) is 2.67. The van der Waals surface area contributed by atoms with Crippen molar-refractivity contribution < 1.29 is 4.79 Å². The standard InChI is InChI=1S/C11H10N2O/c14-10-6-3-4-8-11(10)9-5-1-2-7-13(9)12-8/h1-2,5,7H,3-4,6H2. The van der Waals surface area contributed by atoms with E-state index >= 15 is 0 Å². The van der Waals surface area contributed by atoms with Gasteiger partial charge >= 0.3 is 0 Å². The summed E-state index contributed by atoms with van der Waals surface area (Å²) in [6, 6.07) is 5.82. The highest BCUT2D eigenvalue weighted by atomic mass is 16.1. The van der Waals surface area contributed by atoms with Gasteiger partial charge in [-0.1, -0.05) is 6.07 Å². The Bertz CT molecular complexity index is 513. The van der Waals surface area contributed by atoms with Gasteiger partial charge in [-0.2, -0.15) is 5.10 Å². The number of fused-ring (bicyclic) bond motifs is 3. The second-order valence-electron chi connectivity index (χ2n) is 3.63. The Hall–Kier alpha value is -1.64. The molecular formula is C11H10N2O. The number of nitrogens with zero attached hydrogens (tertiary/aromatic N) is 2. The molecule has 0 aromatic carbocycles. The van der Waals surface area contributed by atoms with E-state index < -0.39 is 0 Å². The third-order valence-corrected chi connectivity index (χ3v) is 2.71. The highest BCUT2D eigenvalue weighted by molar-refractivity contribution is 6.04. The summed E-state index contributed by atoms with van der Waals surface area (Å²) >= 11 is 0. The smallest absolute Gasteiger partial charge is 0.166 e. The second-order valence-corrected chi connectivity index (χ2v) is 3.63. The van der Waals surface area contributed by atoms with Crippen LogP contribution in [0.5, 0.6) is 0 Å². The molecule has 0 bridgehead atoms. The summed E-state index contributed by atoms with van der Waals surface area (Å²) in [6.45, 7) is 0. The molecule has 70 valence electrons. The van der Waals surface area contributed by atoms with Gasteiger partial charge in [-0.05, 0) is 25.0 Å². The van der Waals surface area contributed by atoms with Crippen LogP contribution >= 0.6 is 0 Å². The van der Waals surface area contributed by atoms with E-state index in [9.17, 15) is 4.79 Å². The highest BCUT2D eigenvalue weighted by Crippen LogP contribution is 2.24. The number of ketones is 1. The van der Waals surface area contributed by atoms with Crippen molar-refractivity contribution >= 4 is 11.3 Å². The molecule has 0 fully saturated rings. The fourth-order valence-corrected chi connectivity index (χ4v) is 2.07. The quantitative estimate of drug-likeness (QED) is 0.629. The van der Waals surface area contributed by atoms with Crippen molar-refractivity contribution in [1.82, 2.24) is 9.61 Å². The predicted molar refractivity (Wildman–Crippen MR) is 52.5 cm³/mol. The highest BCUT2D eigenvalue weighted by Gasteiger charge is 2.22. The molecule has 2 aromatic rings. The van der Waals surface area contributed by atoms with Crippen LogP contribution in [0.4, 0.5) is 0 Å². The van der Waals surface area contributed by atoms with Crippen LogP contribution in [0.3, 0.4) is 0 Å². The Morgan fingerprint density at radius 1 is 1.29 bits per heavy atom. The fraction of sp³-hybridized carbons (Fsp3) is 0.273. The van der Waals surface area contributed by atoms with Crippen LogP contribution in [-0.2, 0) is 6.42 Å². The van der Waals surface area contributed by atoms with Crippen molar-refractivity contribution in [2.75, 3.05) is 0 Å². The lowest BCUT2D eigenvalue weighted by molar-refractivity contribution is 0.0974. The summed E-state index contributed by atoms with van der Waals surface area (Å²) in [5.74, 6) is 0.243. The third-order valence-electron chi connectivity index (χ3n) is 2.71. The molecule has 0 N–H and O–H groups in total. The molecule has 0 unspecified atom stereocenters. The largest absolute Gasteiger partial charge is 0.294 e. The Morgan fingerprint density at radius 2 is 2.21 bits per heavy atom. The first-order chi connectivity index (χ1) is 6.86. The van der Waals surface area contributed by atoms with Crippen molar-refractivity contribution in [3.8, 4) is 0 Å². The topological polar surface area (TPSA) is 34.4 Å². The molecule has 2 heterocycles. The van der Waals surface area contributed by atoms with Crippen molar-refractivity contribution in [3.05, 3.63) is 35.7 Å². The van der Waals surface area contributed by atoms with Gasteiger partial charge in [0.05, 0.1) is 16.8 Å². The van der Waals surface area contributed by atoms with Crippen LogP contribution < -0.4 is 0 Å². The molecule has 0 aliphatic heterocycles. The number of rotatable bonds is 0. The van der Waals surface area contributed by atoms with Gasteiger partial charge in [0, 0.05) is 12.6 Å². The number of carbonyl (C=O) groups excluding carboxylic acids is 1. The number of hydrogen-bond acceptors (Lipinski definition) is 2. The summed E-state index contributed by atoms with van der Waals surface area (Å²) in [6.07, 6.45) is 4.43. The zero-order valence-electron chi connectivity index (χ0n) is 7.73. The van der Waals surface area contributed by atoms with E-state index in [1.54, 1.807) is 4.52 Å². The molecule has 3 nitrogen and oxygen atoms in total. The SMILES string of the molecule is O=C1CCCc2nn3ccccc3c21. The first-order valence-corrected chi connectivity index (χ1v) is 4.86. The first kappa shape index (κ1) is 7.74. The molecule has 3 heteroatoms. The summed E-state index contributed by atoms with van der Waals surface area (Å²) in [5.41, 5.74) is 2.76. The molecule has 1 aliphatic carbocycles. The zero-order valence-corrected chi connectivity index (χ0v) is 7.73. The minimum atomic E-state index is 0.243. The van der Waals surface area contributed by atoms with E-state index in [2.05, 4.69) is 5.10 Å². The zero-order chi connectivity index (χ0) is 9.54. The lowest BCUT2D eigenvalue weighted by Gasteiger charge is -2.07. The molecule has 14 heavy (non-hydrogen) atoms. The van der Waals surface area contributed by atoms with Crippen LogP contribution in [-0.4, -0.2) is 15.4 Å². The minimum Gasteiger partial charge on any atom is -0.294 e. The number of carbonyl (C=O) groups is 1. The molecule has 0 saturated carbocycles. The van der Waals surface area contributed by atoms with Crippen molar-refractivity contribution in [2.45, 2.75) is 19.3 Å². The van der Waals surface area contributed by atoms with Crippen LogP contribution in [0, 0.1) is 0 Å². The van der Waals surface area contributed by atoms with E-state index in [0.29, 0.717) is 6.42 Å². The first-order valence-electron chi connectivity index (χ1n) is 4.86. The Balaban J connectivity index is 2.39. The number of pyridine rings is 1. The summed E-state index contributed by atoms with van der Waals surface area (Å²) in [7, 11) is 0. The number of aromatic nitrogens is 2. The average Bonchev–Trinajstić information content (AvgIpc) is 2.57. The van der Waals surface area contributed by atoms with Crippen molar-refractivity contribution in [3.63, 3.8) is 0 Å². The summed E-state index contributed by atoms with van der Waals surface area (Å²) < 4.78 is 1.80. The number of Topliss-reactive ketones (excluding diaryl/α,β-unsaturated/α-hetero) is 1. The maximum Gasteiger partial charge on any atom is 0.166 e. The molecular weight excluding hydrogens is 176 g/mol. The van der Waals surface area contributed by atoms with Gasteiger partial charge < -0.3 is 0 Å². The summed E-state index contributed by atoms with van der Waals surface area (Å²) in [5, 5.41) is 4.40. The van der Waals surface area contributed by atoms with Crippen molar-refractivity contribution in [2.24, 2.45) is 0 Å². The van der Waals surface area contributed by atoms with E-state index in [-0.39, 0.29) is 5.78 Å². The minimum absolute atomic E-state index is 0.243. The maximum atomic E-state index is 11.7. The van der Waals surface area contributed by atoms with Gasteiger partial charge in [0.15, 0.2) is 5.78 Å². The van der Waals surface area contributed by atoms with Crippen LogP contribution in [0.25, 0.3) is 5.52 Å². The molecule has 0 radical (unpaired) electrons. The molecule has 3 rings (SSSR count). The van der Waals surface area contributed by atoms with Gasteiger partial charge in [0.1, 0.15) is 0 Å². The van der Waals surface area contributed by atoms with Crippen LogP contribution in [0.15, 0.2) is 24.4 Å². The van der Waals surface area contributed by atoms with Gasteiger partial charge in [-0.15, -0.1) is 0 Å². The predicted octanol–water partition coefficient (Wildman–Crippen LogP) is 1.85. The van der Waals surface area contributed by atoms with E-state index in [1.165, 1.54) is 0 Å².